The highest BCUT2D eigenvalue weighted by Crippen LogP contribution is 2.31. The predicted molar refractivity (Wildman–Crippen MR) is 121 cm³/mol. The van der Waals surface area contributed by atoms with Gasteiger partial charge in [-0.15, -0.1) is 11.3 Å². The predicted octanol–water partition coefficient (Wildman–Crippen LogP) is 3.20. The number of sulfonamides is 1. The summed E-state index contributed by atoms with van der Waals surface area (Å²) in [5.74, 6) is 0.916. The minimum Gasteiger partial charge on any atom is -0.486 e. The number of ether oxygens (including phenoxy) is 2. The maximum atomic E-state index is 13.3. The molecule has 2 aliphatic heterocycles. The normalized spacial score (nSPS) is 15.8. The van der Waals surface area contributed by atoms with Gasteiger partial charge in [-0.3, -0.25) is 4.79 Å². The van der Waals surface area contributed by atoms with Gasteiger partial charge in [-0.25, -0.2) is 8.42 Å². The molecule has 2 aliphatic rings. The number of nitrogens with zero attached hydrogens (tertiary/aromatic N) is 1. The maximum absolute atomic E-state index is 13.3. The van der Waals surface area contributed by atoms with E-state index in [1.54, 1.807) is 5.38 Å². The first-order valence-corrected chi connectivity index (χ1v) is 12.7. The summed E-state index contributed by atoms with van der Waals surface area (Å²) in [7, 11) is -3.79. The lowest BCUT2D eigenvalue weighted by molar-refractivity contribution is 0.0951. The fourth-order valence-corrected chi connectivity index (χ4v) is 6.68. The van der Waals surface area contributed by atoms with Crippen molar-refractivity contribution in [2.24, 2.45) is 0 Å². The third-order valence-electron chi connectivity index (χ3n) is 5.61. The highest BCUT2D eigenvalue weighted by atomic mass is 32.2. The summed E-state index contributed by atoms with van der Waals surface area (Å²) in [6.07, 6.45) is 0.658. The minimum absolute atomic E-state index is 0.0570. The molecule has 0 fully saturated rings. The van der Waals surface area contributed by atoms with Crippen LogP contribution in [0.25, 0.3) is 0 Å². The Bertz CT molecular complexity index is 1270. The zero-order chi connectivity index (χ0) is 22.1. The number of hydrogen-bond acceptors (Lipinski definition) is 6. The molecule has 0 saturated heterocycles. The number of thiophene rings is 1. The Hall–Kier alpha value is -2.88. The molecule has 32 heavy (non-hydrogen) atoms. The van der Waals surface area contributed by atoms with Crippen LogP contribution in [0.15, 0.2) is 58.8 Å². The molecule has 3 aromatic rings. The van der Waals surface area contributed by atoms with E-state index >= 15 is 0 Å². The molecule has 7 nitrogen and oxygen atoms in total. The second-order valence-electron chi connectivity index (χ2n) is 7.63. The van der Waals surface area contributed by atoms with E-state index in [-0.39, 0.29) is 16.3 Å². The van der Waals surface area contributed by atoms with Crippen LogP contribution in [0.5, 0.6) is 11.5 Å². The molecule has 9 heteroatoms. The zero-order valence-corrected chi connectivity index (χ0v) is 18.9. The lowest BCUT2D eigenvalue weighted by Crippen LogP contribution is -2.36. The van der Waals surface area contributed by atoms with Gasteiger partial charge in [-0.2, -0.15) is 4.31 Å². The van der Waals surface area contributed by atoms with Gasteiger partial charge in [0.05, 0.1) is 0 Å². The fraction of sp³-hybridized carbons (Fsp3) is 0.261. The van der Waals surface area contributed by atoms with E-state index in [0.29, 0.717) is 44.2 Å². The minimum atomic E-state index is -3.79. The molecule has 0 aliphatic carbocycles. The van der Waals surface area contributed by atoms with E-state index in [2.05, 4.69) is 5.32 Å². The Morgan fingerprint density at radius 3 is 2.66 bits per heavy atom. The van der Waals surface area contributed by atoms with Crippen molar-refractivity contribution >= 4 is 27.3 Å². The molecule has 1 N–H and O–H groups in total. The number of nitrogens with one attached hydrogen (secondary N) is 1. The van der Waals surface area contributed by atoms with Crippen molar-refractivity contribution < 1.29 is 22.7 Å². The summed E-state index contributed by atoms with van der Waals surface area (Å²) in [5.41, 5.74) is 3.01. The van der Waals surface area contributed by atoms with E-state index in [1.807, 2.05) is 42.5 Å². The maximum Gasteiger partial charge on any atom is 0.263 e. The Labute approximate surface area is 190 Å². The molecule has 5 rings (SSSR count). The summed E-state index contributed by atoms with van der Waals surface area (Å²) in [6, 6.07) is 14.9. The van der Waals surface area contributed by atoms with E-state index in [1.165, 1.54) is 15.9 Å². The first kappa shape index (κ1) is 21.0. The summed E-state index contributed by atoms with van der Waals surface area (Å²) in [6.45, 7) is 1.96. The molecule has 0 spiro atoms. The monoisotopic (exact) mass is 470 g/mol. The van der Waals surface area contributed by atoms with Crippen LogP contribution in [0.1, 0.15) is 26.4 Å². The van der Waals surface area contributed by atoms with Gasteiger partial charge in [0.25, 0.3) is 5.91 Å². The van der Waals surface area contributed by atoms with E-state index in [0.717, 1.165) is 22.5 Å². The van der Waals surface area contributed by atoms with Crippen molar-refractivity contribution in [2.75, 3.05) is 19.8 Å². The molecular formula is C23H22N2O5S2. The summed E-state index contributed by atoms with van der Waals surface area (Å²) in [4.78, 5) is 13.1. The molecule has 0 unspecified atom stereocenters. The SMILES string of the molecule is O=C(NCc1ccc2c(c1)OCCO2)c1sccc1S(=O)(=O)N1CCc2ccccc2C1. The van der Waals surface area contributed by atoms with Crippen molar-refractivity contribution in [3.63, 3.8) is 0 Å². The van der Waals surface area contributed by atoms with Gasteiger partial charge >= 0.3 is 0 Å². The van der Waals surface area contributed by atoms with Gasteiger partial charge in [0.1, 0.15) is 23.0 Å². The van der Waals surface area contributed by atoms with Gasteiger partial charge in [-0.1, -0.05) is 30.3 Å². The Morgan fingerprint density at radius 1 is 1.03 bits per heavy atom. The molecule has 2 aromatic carbocycles. The highest BCUT2D eigenvalue weighted by Gasteiger charge is 2.32. The summed E-state index contributed by atoms with van der Waals surface area (Å²) < 4.78 is 39.2. The van der Waals surface area contributed by atoms with E-state index < -0.39 is 15.9 Å². The van der Waals surface area contributed by atoms with Crippen LogP contribution in [-0.4, -0.2) is 38.4 Å². The number of carbonyl (C=O) groups is 1. The standard InChI is InChI=1S/C23H22N2O5S2/c26-23(24-14-16-5-6-19-20(13-16)30-11-10-29-19)22-21(8-12-31-22)32(27,28)25-9-7-17-3-1-2-4-18(17)15-25/h1-6,8,12-13H,7,9-11,14-15H2,(H,24,26). The number of fused-ring (bicyclic) bond motifs is 2. The van der Waals surface area contributed by atoms with Crippen LogP contribution in [-0.2, 0) is 29.5 Å². The lowest BCUT2D eigenvalue weighted by Gasteiger charge is -2.28. The van der Waals surface area contributed by atoms with E-state index in [9.17, 15) is 13.2 Å². The lowest BCUT2D eigenvalue weighted by atomic mass is 10.0. The zero-order valence-electron chi connectivity index (χ0n) is 17.2. The van der Waals surface area contributed by atoms with Crippen LogP contribution in [0.4, 0.5) is 0 Å². The van der Waals surface area contributed by atoms with Crippen molar-refractivity contribution in [1.29, 1.82) is 0 Å². The van der Waals surface area contributed by atoms with Crippen LogP contribution >= 0.6 is 11.3 Å². The molecule has 166 valence electrons. The Kier molecular flexibility index (Phi) is 5.62. The van der Waals surface area contributed by atoms with Gasteiger partial charge in [0, 0.05) is 19.6 Å². The molecular weight excluding hydrogens is 448 g/mol. The van der Waals surface area contributed by atoms with Crippen LogP contribution < -0.4 is 14.8 Å². The topological polar surface area (TPSA) is 84.9 Å². The number of hydrogen-bond donors (Lipinski definition) is 1. The third kappa shape index (κ3) is 3.99. The smallest absolute Gasteiger partial charge is 0.263 e. The van der Waals surface area contributed by atoms with Gasteiger partial charge < -0.3 is 14.8 Å². The second-order valence-corrected chi connectivity index (χ2v) is 10.5. The molecule has 1 aromatic heterocycles. The largest absolute Gasteiger partial charge is 0.486 e. The van der Waals surface area contributed by atoms with Crippen LogP contribution in [0, 0.1) is 0 Å². The van der Waals surface area contributed by atoms with Crippen LogP contribution in [0.2, 0.25) is 0 Å². The van der Waals surface area contributed by atoms with Gasteiger partial charge in [0.15, 0.2) is 11.5 Å². The van der Waals surface area contributed by atoms with Crippen molar-refractivity contribution in [3.05, 3.63) is 75.5 Å². The van der Waals surface area contributed by atoms with Crippen molar-refractivity contribution in [1.82, 2.24) is 9.62 Å². The number of rotatable bonds is 5. The summed E-state index contributed by atoms with van der Waals surface area (Å²) in [5, 5.41) is 4.47. The Balaban J connectivity index is 1.31. The molecule has 0 atom stereocenters. The van der Waals surface area contributed by atoms with Crippen LogP contribution in [0.3, 0.4) is 0 Å². The molecule has 0 saturated carbocycles. The number of benzene rings is 2. The Morgan fingerprint density at radius 2 is 1.81 bits per heavy atom. The first-order valence-electron chi connectivity index (χ1n) is 10.3. The molecule has 3 heterocycles. The summed E-state index contributed by atoms with van der Waals surface area (Å²) >= 11 is 1.13. The quantitative estimate of drug-likeness (QED) is 0.619. The first-order chi connectivity index (χ1) is 15.5. The number of amides is 1. The van der Waals surface area contributed by atoms with Gasteiger partial charge in [0.2, 0.25) is 10.0 Å². The average molecular weight is 471 g/mol. The fourth-order valence-electron chi connectivity index (χ4n) is 3.94. The second kappa shape index (κ2) is 8.57. The average Bonchev–Trinajstić information content (AvgIpc) is 3.33. The molecule has 0 radical (unpaired) electrons. The van der Waals surface area contributed by atoms with Crippen molar-refractivity contribution in [3.8, 4) is 11.5 Å². The van der Waals surface area contributed by atoms with E-state index in [4.69, 9.17) is 9.47 Å². The van der Waals surface area contributed by atoms with Crippen molar-refractivity contribution in [2.45, 2.75) is 24.4 Å². The molecule has 1 amide bonds. The van der Waals surface area contributed by atoms with Gasteiger partial charge in [-0.05, 0) is 46.7 Å². The number of carbonyl (C=O) groups excluding carboxylic acids is 1. The highest BCUT2D eigenvalue weighted by molar-refractivity contribution is 7.89. The third-order valence-corrected chi connectivity index (χ3v) is 8.54. The molecule has 0 bridgehead atoms.